The van der Waals surface area contributed by atoms with Crippen LogP contribution in [-0.4, -0.2) is 438 Å². The van der Waals surface area contributed by atoms with E-state index in [2.05, 4.69) is 10.6 Å². The Kier molecular flexibility index (Phi) is 29.3. The predicted octanol–water partition coefficient (Wildman–Crippen LogP) is -18.0. The maximum absolute atomic E-state index is 13.0. The molecule has 27 N–H and O–H groups in total. The first kappa shape index (κ1) is 82.2. The van der Waals surface area contributed by atoms with Gasteiger partial charge in [0.2, 0.25) is 11.8 Å². The molecular formula is C52H89N2O44P. The number of ether oxygens (including phenoxy) is 14. The molecule has 0 aromatic carbocycles. The summed E-state index contributed by atoms with van der Waals surface area (Å²) in [5, 5.41) is 264. The number of nitrogens with one attached hydrogen (secondary N) is 2. The van der Waals surface area contributed by atoms with Gasteiger partial charge in [-0.05, 0) is 0 Å². The maximum Gasteiger partial charge on any atom is 0.474 e. The quantitative estimate of drug-likeness (QED) is 0.0358. The molecule has 8 rings (SSSR count). The van der Waals surface area contributed by atoms with Gasteiger partial charge in [-0.15, -0.1) is 0 Å². The summed E-state index contributed by atoms with van der Waals surface area (Å²) in [7, 11) is -5.49. The second-order valence-corrected chi connectivity index (χ2v) is 25.9. The van der Waals surface area contributed by atoms with Crippen LogP contribution in [0.2, 0.25) is 0 Å². The topological polar surface area (TPSA) is 729 Å². The van der Waals surface area contributed by atoms with Crippen molar-refractivity contribution in [3.8, 4) is 0 Å². The molecule has 8 aliphatic rings. The van der Waals surface area contributed by atoms with Gasteiger partial charge in [0, 0.05) is 13.8 Å². The van der Waals surface area contributed by atoms with E-state index >= 15 is 0 Å². The second kappa shape index (κ2) is 35.3. The molecule has 8 saturated heterocycles. The lowest BCUT2D eigenvalue weighted by molar-refractivity contribution is -0.387. The molecule has 1 unspecified atom stereocenters. The van der Waals surface area contributed by atoms with Gasteiger partial charge in [0.1, 0.15) is 195 Å². The van der Waals surface area contributed by atoms with E-state index in [1.807, 2.05) is 0 Å². The van der Waals surface area contributed by atoms with Crippen molar-refractivity contribution in [2.24, 2.45) is 0 Å². The molecule has 0 bridgehead atoms. The van der Waals surface area contributed by atoms with Crippen molar-refractivity contribution in [1.29, 1.82) is 0 Å². The van der Waals surface area contributed by atoms with E-state index in [-0.39, 0.29) is 0 Å². The van der Waals surface area contributed by atoms with Gasteiger partial charge in [-0.1, -0.05) is 0 Å². The average Bonchev–Trinajstić information content (AvgIpc) is 0.781. The number of phosphoric ester groups is 1. The van der Waals surface area contributed by atoms with Crippen LogP contribution in [-0.2, 0) is 89.5 Å². The van der Waals surface area contributed by atoms with Gasteiger partial charge < -0.3 is 204 Å². The van der Waals surface area contributed by atoms with Gasteiger partial charge in [-0.2, -0.15) is 0 Å². The van der Waals surface area contributed by atoms with Crippen molar-refractivity contribution in [2.75, 3.05) is 52.9 Å². The molecule has 0 aromatic rings. The van der Waals surface area contributed by atoms with Crippen LogP contribution in [0.5, 0.6) is 0 Å². The molecule has 99 heavy (non-hydrogen) atoms. The summed E-state index contributed by atoms with van der Waals surface area (Å²) >= 11 is 0. The van der Waals surface area contributed by atoms with Crippen molar-refractivity contribution in [3.05, 3.63) is 0 Å². The van der Waals surface area contributed by atoms with Crippen molar-refractivity contribution in [3.63, 3.8) is 0 Å². The lowest BCUT2D eigenvalue weighted by Crippen LogP contribution is -2.70. The summed E-state index contributed by atoms with van der Waals surface area (Å²) in [6, 6.07) is -3.46. The number of aliphatic hydroxyl groups is 24. The summed E-state index contributed by atoms with van der Waals surface area (Å²) in [4.78, 5) is 35.3. The number of phosphoric acid groups is 1. The molecule has 46 nitrogen and oxygen atoms in total. The van der Waals surface area contributed by atoms with Gasteiger partial charge in [0.15, 0.2) is 50.3 Å². The summed E-state index contributed by atoms with van der Waals surface area (Å²) in [6.07, 6.45) is -79.1. The Bertz CT molecular complexity index is 2580. The Morgan fingerprint density at radius 1 is 0.323 bits per heavy atom. The van der Waals surface area contributed by atoms with Crippen LogP contribution in [0.4, 0.5) is 0 Å². The molecule has 8 heterocycles. The standard InChI is InChI=1S/C52H89N2O44P/c1-11(60)53-21-29(68)41(16(6-58)86-45(21)80)94-46-22(54-12(2)61)30(69)42(17(7-59)90-46)95-51-40(79)44(97-50-37(76)32(71)24(63)14(4-56)88-50)28(67)19(93-51)9-84-48-39(78)43(96-49-36(75)31(70)23(62)13(3-55)87-49)27(66)18(91-48)8-83-47-35(74)34(73)26(65)20(92-47)10-85-99(81,82)98-52-38(77)33(72)25(64)15(5-57)89-52/h13-52,55-59,62-80H,3-10H2,1-2H3,(H,53,60)(H,54,61)(H,81,82)/t13-,14-,15-,16-,17-,18-,19-,20-,21-,22-,23-,24-,25-,26-,27-,28-,29-,30-,31+,32+,33+,34+,35+,36+,37+,38+,39+,40+,41-,42-,43+,44+,45-,46+,47+,48+,49-,50-,51+,52-/m1/s1. The zero-order valence-electron chi connectivity index (χ0n) is 52.1. The molecule has 0 saturated carbocycles. The van der Waals surface area contributed by atoms with E-state index in [0.29, 0.717) is 0 Å². The number of carbonyl (C=O) groups is 2. The zero-order valence-corrected chi connectivity index (χ0v) is 53.0. The predicted molar refractivity (Wildman–Crippen MR) is 299 cm³/mol. The van der Waals surface area contributed by atoms with Gasteiger partial charge in [0.05, 0.1) is 52.9 Å². The molecule has 0 radical (unpaired) electrons. The van der Waals surface area contributed by atoms with Gasteiger partial charge in [-0.25, -0.2) is 4.57 Å². The van der Waals surface area contributed by atoms with Crippen LogP contribution in [0.3, 0.4) is 0 Å². The molecule has 41 atom stereocenters. The van der Waals surface area contributed by atoms with Crippen LogP contribution in [0.1, 0.15) is 13.8 Å². The molecule has 0 aliphatic carbocycles. The van der Waals surface area contributed by atoms with E-state index in [0.717, 1.165) is 13.8 Å². The minimum Gasteiger partial charge on any atom is -0.394 e. The second-order valence-electron chi connectivity index (χ2n) is 24.5. The molecule has 8 fully saturated rings. The molecule has 0 spiro atoms. The van der Waals surface area contributed by atoms with E-state index in [4.69, 9.17) is 75.4 Å². The van der Waals surface area contributed by atoms with Crippen molar-refractivity contribution < 1.29 is 217 Å². The highest BCUT2D eigenvalue weighted by molar-refractivity contribution is 7.47. The molecule has 47 heteroatoms. The number of carbonyl (C=O) groups excluding carboxylic acids is 2. The highest BCUT2D eigenvalue weighted by Gasteiger charge is 2.59. The van der Waals surface area contributed by atoms with Crippen LogP contribution >= 0.6 is 7.82 Å². The summed E-state index contributed by atoms with van der Waals surface area (Å²) in [5.74, 6) is -1.67. The first-order chi connectivity index (χ1) is 46.6. The van der Waals surface area contributed by atoms with Crippen LogP contribution in [0.15, 0.2) is 0 Å². The maximum atomic E-state index is 13.0. The normalized spacial score (nSPS) is 49.9. The Labute approximate surface area is 558 Å². The molecule has 2 amide bonds. The molecular weight excluding hydrogens is 1390 g/mol. The first-order valence-corrected chi connectivity index (χ1v) is 32.4. The largest absolute Gasteiger partial charge is 0.474 e. The Morgan fingerprint density at radius 2 is 0.626 bits per heavy atom. The van der Waals surface area contributed by atoms with Crippen molar-refractivity contribution >= 4 is 19.6 Å². The molecule has 8 aliphatic heterocycles. The highest BCUT2D eigenvalue weighted by Crippen LogP contribution is 2.47. The van der Waals surface area contributed by atoms with Gasteiger partial charge in [-0.3, -0.25) is 18.6 Å². The Hall–Kier alpha value is -2.47. The third-order valence-electron chi connectivity index (χ3n) is 17.6. The third-order valence-corrected chi connectivity index (χ3v) is 18.6. The molecule has 0 aromatic heterocycles. The Morgan fingerprint density at radius 3 is 1.07 bits per heavy atom. The van der Waals surface area contributed by atoms with Crippen molar-refractivity contribution in [1.82, 2.24) is 10.6 Å². The minimum absolute atomic E-state index is 0.765. The smallest absolute Gasteiger partial charge is 0.394 e. The van der Waals surface area contributed by atoms with Crippen LogP contribution in [0.25, 0.3) is 0 Å². The average molecular weight is 1480 g/mol. The van der Waals surface area contributed by atoms with Crippen LogP contribution < -0.4 is 10.6 Å². The number of amides is 2. The summed E-state index contributed by atoms with van der Waals surface area (Å²) in [5.41, 5.74) is 0. The van der Waals surface area contributed by atoms with E-state index in [1.165, 1.54) is 0 Å². The van der Waals surface area contributed by atoms with E-state index in [9.17, 15) is 142 Å². The SMILES string of the molecule is CC(=O)N[C@@H]1[C@@H](O)[C@H](O[C@@H]2O[C@H](CO)[C@@H](O[C@@H]3O[C@H](CO[C@H]4O[C@H](CO[C@H]5O[C@H](COP(=O)(O)O[C@H]6O[C@H](CO)[C@@H](O)[C@H](O)[C@@H]6O)[C@@H](O)[C@H](O)[C@@H]5O)[C@@H](O)[C@H](O[C@H]5O[C@H](CO)[C@@H](O)[C@H](O)[C@@H]5O)[C@@H]4O)[C@@H](O)[C@H](O[C@H]4O[C@H](CO)[C@@H](O)[C@H](O)[C@@H]4O)[C@@H]3O)[C@H](O)[C@H]2NC(C)=O)[C@@H](CO)O[C@H]1O. The van der Waals surface area contributed by atoms with E-state index in [1.54, 1.807) is 0 Å². The fraction of sp³-hybridized carbons (Fsp3) is 0.962. The number of hydrogen-bond donors (Lipinski definition) is 27. The van der Waals surface area contributed by atoms with Gasteiger partial charge in [0.25, 0.3) is 0 Å². The summed E-state index contributed by atoms with van der Waals surface area (Å²) in [6.45, 7) is -6.66. The Balaban J connectivity index is 1.05. The number of aliphatic hydroxyl groups excluding tert-OH is 24. The van der Waals surface area contributed by atoms with Crippen LogP contribution in [0, 0.1) is 0 Å². The fourth-order valence-electron chi connectivity index (χ4n) is 12.1. The lowest BCUT2D eigenvalue weighted by Gasteiger charge is -2.50. The fourth-order valence-corrected chi connectivity index (χ4v) is 12.9. The monoisotopic (exact) mass is 1480 g/mol. The summed E-state index contributed by atoms with van der Waals surface area (Å²) < 4.78 is 102. The lowest BCUT2D eigenvalue weighted by atomic mass is 9.94. The first-order valence-electron chi connectivity index (χ1n) is 30.9. The minimum atomic E-state index is -5.49. The highest BCUT2D eigenvalue weighted by atomic mass is 31.2. The van der Waals surface area contributed by atoms with Gasteiger partial charge >= 0.3 is 7.82 Å². The number of rotatable bonds is 26. The van der Waals surface area contributed by atoms with E-state index < -0.39 is 318 Å². The molecule has 576 valence electrons. The zero-order chi connectivity index (χ0) is 73.1. The van der Waals surface area contributed by atoms with Crippen molar-refractivity contribution in [2.45, 2.75) is 259 Å². The number of hydrogen-bond acceptors (Lipinski definition) is 43. The third kappa shape index (κ3) is 18.5.